The Labute approximate surface area is 138 Å². The van der Waals surface area contributed by atoms with Crippen molar-refractivity contribution < 1.29 is 9.90 Å². The van der Waals surface area contributed by atoms with Crippen LogP contribution >= 0.6 is 0 Å². The molecule has 4 aromatic rings. The summed E-state index contributed by atoms with van der Waals surface area (Å²) in [5.41, 5.74) is 10.9. The molecule has 0 saturated carbocycles. The molecular formula is C19H17N3O2. The number of H-pyrrole nitrogens is 2. The molecule has 0 aliphatic carbocycles. The van der Waals surface area contributed by atoms with Crippen molar-refractivity contribution in [2.24, 2.45) is 5.73 Å². The van der Waals surface area contributed by atoms with Crippen molar-refractivity contribution in [3.8, 4) is 11.1 Å². The van der Waals surface area contributed by atoms with Gasteiger partial charge in [0, 0.05) is 40.7 Å². The highest BCUT2D eigenvalue weighted by molar-refractivity contribution is 6.04. The van der Waals surface area contributed by atoms with E-state index in [1.54, 1.807) is 0 Å². The summed E-state index contributed by atoms with van der Waals surface area (Å²) in [6, 6.07) is 13.4. The second kappa shape index (κ2) is 5.54. The lowest BCUT2D eigenvalue weighted by molar-refractivity contribution is -0.138. The zero-order valence-corrected chi connectivity index (χ0v) is 12.9. The van der Waals surface area contributed by atoms with Gasteiger partial charge in [-0.1, -0.05) is 30.3 Å². The summed E-state index contributed by atoms with van der Waals surface area (Å²) in [4.78, 5) is 17.6. The van der Waals surface area contributed by atoms with Crippen LogP contribution in [0.2, 0.25) is 0 Å². The lowest BCUT2D eigenvalue weighted by Gasteiger charge is -2.07. The van der Waals surface area contributed by atoms with Crippen LogP contribution < -0.4 is 5.73 Å². The van der Waals surface area contributed by atoms with Crippen LogP contribution in [0.5, 0.6) is 0 Å². The van der Waals surface area contributed by atoms with Crippen molar-refractivity contribution >= 4 is 27.8 Å². The van der Waals surface area contributed by atoms with Gasteiger partial charge in [-0.2, -0.15) is 0 Å². The maximum atomic E-state index is 11.0. The molecule has 0 radical (unpaired) electrons. The molecule has 5 heteroatoms. The van der Waals surface area contributed by atoms with E-state index in [1.165, 1.54) is 0 Å². The average Bonchev–Trinajstić information content (AvgIpc) is 3.21. The number of rotatable bonds is 4. The minimum atomic E-state index is -0.988. The van der Waals surface area contributed by atoms with Gasteiger partial charge in [0.2, 0.25) is 0 Å². The highest BCUT2D eigenvalue weighted by Gasteiger charge is 2.16. The largest absolute Gasteiger partial charge is 0.480 e. The maximum Gasteiger partial charge on any atom is 0.320 e. The van der Waals surface area contributed by atoms with E-state index >= 15 is 0 Å². The van der Waals surface area contributed by atoms with Crippen molar-refractivity contribution in [3.63, 3.8) is 0 Å². The molecule has 2 heterocycles. The molecule has 120 valence electrons. The molecule has 0 aliphatic heterocycles. The number of hydrogen-bond acceptors (Lipinski definition) is 2. The second-order valence-corrected chi connectivity index (χ2v) is 5.94. The zero-order valence-electron chi connectivity index (χ0n) is 12.9. The monoisotopic (exact) mass is 319 g/mol. The van der Waals surface area contributed by atoms with Gasteiger partial charge >= 0.3 is 5.97 Å². The van der Waals surface area contributed by atoms with Gasteiger partial charge in [0.05, 0.1) is 5.52 Å². The summed E-state index contributed by atoms with van der Waals surface area (Å²) in [6.07, 6.45) is 4.09. The van der Waals surface area contributed by atoms with Gasteiger partial charge in [0.25, 0.3) is 0 Å². The minimum Gasteiger partial charge on any atom is -0.480 e. The Hall–Kier alpha value is -3.05. The lowest BCUT2D eigenvalue weighted by atomic mass is 9.97. The van der Waals surface area contributed by atoms with Crippen LogP contribution in [0.25, 0.3) is 32.9 Å². The van der Waals surface area contributed by atoms with Crippen molar-refractivity contribution in [2.45, 2.75) is 12.5 Å². The molecule has 1 atom stereocenters. The van der Waals surface area contributed by atoms with Crippen molar-refractivity contribution in [1.82, 2.24) is 9.97 Å². The fourth-order valence-electron chi connectivity index (χ4n) is 3.25. The Kier molecular flexibility index (Phi) is 3.36. The SMILES string of the molecule is NC(Cc1c[nH]c2c(-c3cccc4[nH]ccc34)cccc12)C(=O)O. The normalized spacial score (nSPS) is 12.7. The first-order chi connectivity index (χ1) is 11.6. The van der Waals surface area contributed by atoms with E-state index < -0.39 is 12.0 Å². The maximum absolute atomic E-state index is 11.0. The number of carboxylic acid groups (broad SMARTS) is 1. The first-order valence-corrected chi connectivity index (χ1v) is 7.79. The molecule has 0 fully saturated rings. The van der Waals surface area contributed by atoms with Gasteiger partial charge in [-0.05, 0) is 23.3 Å². The number of carbonyl (C=O) groups is 1. The number of aromatic amines is 2. The van der Waals surface area contributed by atoms with Gasteiger partial charge in [0.1, 0.15) is 6.04 Å². The van der Waals surface area contributed by atoms with Crippen LogP contribution in [-0.4, -0.2) is 27.1 Å². The average molecular weight is 319 g/mol. The molecule has 0 saturated heterocycles. The van der Waals surface area contributed by atoms with E-state index in [0.29, 0.717) is 6.42 Å². The van der Waals surface area contributed by atoms with Crippen LogP contribution in [0.3, 0.4) is 0 Å². The molecular weight excluding hydrogens is 302 g/mol. The van der Waals surface area contributed by atoms with Crippen LogP contribution in [0, 0.1) is 0 Å². The van der Waals surface area contributed by atoms with Crippen molar-refractivity contribution in [1.29, 1.82) is 0 Å². The van der Waals surface area contributed by atoms with E-state index in [-0.39, 0.29) is 0 Å². The Morgan fingerprint density at radius 1 is 1.04 bits per heavy atom. The topological polar surface area (TPSA) is 94.9 Å². The van der Waals surface area contributed by atoms with Crippen molar-refractivity contribution in [3.05, 3.63) is 60.4 Å². The zero-order chi connectivity index (χ0) is 16.7. The molecule has 2 aromatic heterocycles. The predicted molar refractivity (Wildman–Crippen MR) is 94.9 cm³/mol. The van der Waals surface area contributed by atoms with E-state index in [1.807, 2.05) is 36.7 Å². The van der Waals surface area contributed by atoms with E-state index in [0.717, 1.165) is 38.5 Å². The number of para-hydroxylation sites is 1. The van der Waals surface area contributed by atoms with Crippen LogP contribution in [-0.2, 0) is 11.2 Å². The number of aliphatic carboxylic acids is 1. The van der Waals surface area contributed by atoms with Gasteiger partial charge in [-0.25, -0.2) is 0 Å². The number of nitrogens with one attached hydrogen (secondary N) is 2. The van der Waals surface area contributed by atoms with E-state index in [9.17, 15) is 4.79 Å². The molecule has 0 spiro atoms. The summed E-state index contributed by atoms with van der Waals surface area (Å²) >= 11 is 0. The molecule has 5 N–H and O–H groups in total. The standard InChI is InChI=1S/C19H17N3O2/c20-16(19(23)24)9-11-10-22-18-12(11)3-1-5-15(18)13-4-2-6-17-14(13)7-8-21-17/h1-8,10,16,21-22H,9,20H2,(H,23,24). The molecule has 4 rings (SSSR count). The molecule has 24 heavy (non-hydrogen) atoms. The Bertz CT molecular complexity index is 1050. The molecule has 0 aliphatic rings. The third-order valence-electron chi connectivity index (χ3n) is 4.44. The molecule has 0 amide bonds. The third-order valence-corrected chi connectivity index (χ3v) is 4.44. The Morgan fingerprint density at radius 3 is 2.67 bits per heavy atom. The fraction of sp³-hybridized carbons (Fsp3) is 0.105. The molecule has 1 unspecified atom stereocenters. The fourth-order valence-corrected chi connectivity index (χ4v) is 3.25. The minimum absolute atomic E-state index is 0.299. The first-order valence-electron chi connectivity index (χ1n) is 7.79. The molecule has 0 bridgehead atoms. The quantitative estimate of drug-likeness (QED) is 0.465. The summed E-state index contributed by atoms with van der Waals surface area (Å²) in [5.74, 6) is -0.988. The number of fused-ring (bicyclic) bond motifs is 2. The Balaban J connectivity index is 1.87. The van der Waals surface area contributed by atoms with E-state index in [4.69, 9.17) is 10.8 Å². The van der Waals surface area contributed by atoms with Crippen LogP contribution in [0.1, 0.15) is 5.56 Å². The molecule has 5 nitrogen and oxygen atoms in total. The van der Waals surface area contributed by atoms with Crippen LogP contribution in [0.4, 0.5) is 0 Å². The summed E-state index contributed by atoms with van der Waals surface area (Å²) in [5, 5.41) is 11.2. The lowest BCUT2D eigenvalue weighted by Crippen LogP contribution is -2.32. The second-order valence-electron chi connectivity index (χ2n) is 5.94. The number of benzene rings is 2. The summed E-state index contributed by atoms with van der Waals surface area (Å²) < 4.78 is 0. The number of nitrogens with two attached hydrogens (primary N) is 1. The number of hydrogen-bond donors (Lipinski definition) is 4. The highest BCUT2D eigenvalue weighted by Crippen LogP contribution is 2.34. The van der Waals surface area contributed by atoms with Gasteiger partial charge in [0.15, 0.2) is 0 Å². The summed E-state index contributed by atoms with van der Waals surface area (Å²) in [6.45, 7) is 0. The van der Waals surface area contributed by atoms with Crippen molar-refractivity contribution in [2.75, 3.05) is 0 Å². The smallest absolute Gasteiger partial charge is 0.320 e. The highest BCUT2D eigenvalue weighted by atomic mass is 16.4. The number of aromatic nitrogens is 2. The van der Waals surface area contributed by atoms with Crippen LogP contribution in [0.15, 0.2) is 54.9 Å². The first kappa shape index (κ1) is 14.5. The van der Waals surface area contributed by atoms with Gasteiger partial charge in [-0.15, -0.1) is 0 Å². The van der Waals surface area contributed by atoms with E-state index in [2.05, 4.69) is 28.2 Å². The number of carboxylic acids is 1. The van der Waals surface area contributed by atoms with Gasteiger partial charge in [-0.3, -0.25) is 4.79 Å². The molecule has 2 aromatic carbocycles. The predicted octanol–water partition coefficient (Wildman–Crippen LogP) is 3.27. The Morgan fingerprint density at radius 2 is 1.83 bits per heavy atom. The third kappa shape index (κ3) is 2.26. The summed E-state index contributed by atoms with van der Waals surface area (Å²) in [7, 11) is 0. The van der Waals surface area contributed by atoms with Gasteiger partial charge < -0.3 is 20.8 Å².